The minimum absolute atomic E-state index is 0.0139. The van der Waals surface area contributed by atoms with Gasteiger partial charge in [-0.3, -0.25) is 9.79 Å². The summed E-state index contributed by atoms with van der Waals surface area (Å²) < 4.78 is 5.72. The van der Waals surface area contributed by atoms with E-state index in [4.69, 9.17) is 10.5 Å². The lowest BCUT2D eigenvalue weighted by Crippen LogP contribution is -2.36. The average Bonchev–Trinajstić information content (AvgIpc) is 3.13. The topological polar surface area (TPSA) is 71.2 Å². The lowest BCUT2D eigenvalue weighted by Gasteiger charge is -2.18. The number of nitrogens with two attached hydrogens (primary N) is 1. The molecule has 1 saturated carbocycles. The van der Waals surface area contributed by atoms with Gasteiger partial charge in [-0.05, 0) is 25.7 Å². The third-order valence-electron chi connectivity index (χ3n) is 3.74. The van der Waals surface area contributed by atoms with Gasteiger partial charge in [0.05, 0.1) is 12.6 Å². The second-order valence-corrected chi connectivity index (χ2v) is 5.60. The molecule has 2 rings (SSSR count). The minimum Gasteiger partial charge on any atom is -0.370 e. The fourth-order valence-corrected chi connectivity index (χ4v) is 2.27. The zero-order chi connectivity index (χ0) is 14.0. The first-order chi connectivity index (χ1) is 8.99. The summed E-state index contributed by atoms with van der Waals surface area (Å²) in [4.78, 5) is 19.7. The van der Waals surface area contributed by atoms with E-state index in [-0.39, 0.29) is 18.1 Å². The van der Waals surface area contributed by atoms with Crippen LogP contribution in [0.15, 0.2) is 4.99 Å². The molecule has 6 nitrogen and oxygen atoms in total. The van der Waals surface area contributed by atoms with Crippen molar-refractivity contribution in [2.75, 3.05) is 27.7 Å². The molecule has 1 aliphatic carbocycles. The second kappa shape index (κ2) is 5.77. The van der Waals surface area contributed by atoms with Gasteiger partial charge in [0.25, 0.3) is 5.91 Å². The van der Waals surface area contributed by atoms with E-state index in [9.17, 15) is 4.79 Å². The van der Waals surface area contributed by atoms with Gasteiger partial charge in [0.1, 0.15) is 6.10 Å². The Morgan fingerprint density at radius 2 is 1.95 bits per heavy atom. The Balaban J connectivity index is 1.78. The fraction of sp³-hybridized carbons (Fsp3) is 0.846. The number of nitrogens with zero attached hydrogens (tertiary/aromatic N) is 3. The summed E-state index contributed by atoms with van der Waals surface area (Å²) in [6.07, 6.45) is 3.75. The van der Waals surface area contributed by atoms with Crippen molar-refractivity contribution in [3.63, 3.8) is 0 Å². The standard InChI is InChI=1S/C13H24N4O2/c1-16(2)12(18)11-7-6-10(19-11)8-15-13(14)17(3)9-4-5-9/h9-11H,4-8H2,1-3H3,(H2,14,15). The van der Waals surface area contributed by atoms with Gasteiger partial charge in [0.15, 0.2) is 5.96 Å². The number of aliphatic imine (C=N–C) groups is 1. The first-order valence-electron chi connectivity index (χ1n) is 6.88. The number of carbonyl (C=O) groups is 1. The maximum absolute atomic E-state index is 11.8. The Morgan fingerprint density at radius 3 is 2.53 bits per heavy atom. The van der Waals surface area contributed by atoms with E-state index in [2.05, 4.69) is 4.99 Å². The molecular formula is C13H24N4O2. The highest BCUT2D eigenvalue weighted by atomic mass is 16.5. The maximum Gasteiger partial charge on any atom is 0.251 e. The average molecular weight is 268 g/mol. The van der Waals surface area contributed by atoms with Crippen LogP contribution in [-0.4, -0.2) is 67.6 Å². The van der Waals surface area contributed by atoms with Crippen molar-refractivity contribution in [2.45, 2.75) is 43.9 Å². The summed E-state index contributed by atoms with van der Waals surface area (Å²) >= 11 is 0. The molecular weight excluding hydrogens is 244 g/mol. The Kier molecular flexibility index (Phi) is 4.29. The van der Waals surface area contributed by atoms with Crippen LogP contribution < -0.4 is 5.73 Å². The van der Waals surface area contributed by atoms with Gasteiger partial charge in [-0.1, -0.05) is 0 Å². The third-order valence-corrected chi connectivity index (χ3v) is 3.74. The van der Waals surface area contributed by atoms with Crippen LogP contribution in [0.25, 0.3) is 0 Å². The molecule has 2 N–H and O–H groups in total. The summed E-state index contributed by atoms with van der Waals surface area (Å²) in [5.41, 5.74) is 5.92. The van der Waals surface area contributed by atoms with Crippen molar-refractivity contribution < 1.29 is 9.53 Å². The van der Waals surface area contributed by atoms with Crippen LogP contribution in [0.5, 0.6) is 0 Å². The van der Waals surface area contributed by atoms with E-state index in [0.717, 1.165) is 12.8 Å². The molecule has 0 radical (unpaired) electrons. The highest BCUT2D eigenvalue weighted by Gasteiger charge is 2.32. The molecule has 1 heterocycles. The summed E-state index contributed by atoms with van der Waals surface area (Å²) in [5.74, 6) is 0.614. The Hall–Kier alpha value is -1.30. The van der Waals surface area contributed by atoms with E-state index < -0.39 is 0 Å². The van der Waals surface area contributed by atoms with Gasteiger partial charge in [0.2, 0.25) is 0 Å². The number of amides is 1. The SMILES string of the molecule is CN(C)C(=O)C1CCC(CN=C(N)N(C)C2CC2)O1. The smallest absolute Gasteiger partial charge is 0.251 e. The molecule has 1 saturated heterocycles. The molecule has 108 valence electrons. The first-order valence-corrected chi connectivity index (χ1v) is 6.88. The molecule has 1 aliphatic heterocycles. The van der Waals surface area contributed by atoms with Gasteiger partial charge in [-0.2, -0.15) is 0 Å². The Bertz CT molecular complexity index is 366. The van der Waals surface area contributed by atoms with Gasteiger partial charge < -0.3 is 20.3 Å². The van der Waals surface area contributed by atoms with E-state index in [1.54, 1.807) is 19.0 Å². The highest BCUT2D eigenvalue weighted by Crippen LogP contribution is 2.25. The highest BCUT2D eigenvalue weighted by molar-refractivity contribution is 5.80. The Labute approximate surface area is 114 Å². The van der Waals surface area contributed by atoms with Crippen LogP contribution >= 0.6 is 0 Å². The molecule has 0 aromatic carbocycles. The third kappa shape index (κ3) is 3.59. The molecule has 2 aliphatic rings. The van der Waals surface area contributed by atoms with E-state index in [1.165, 1.54) is 12.8 Å². The number of ether oxygens (including phenoxy) is 1. The van der Waals surface area contributed by atoms with Crippen LogP contribution in [0.4, 0.5) is 0 Å². The van der Waals surface area contributed by atoms with Crippen molar-refractivity contribution in [3.05, 3.63) is 0 Å². The minimum atomic E-state index is -0.308. The zero-order valence-corrected chi connectivity index (χ0v) is 12.0. The molecule has 0 spiro atoms. The molecule has 2 fully saturated rings. The molecule has 19 heavy (non-hydrogen) atoms. The second-order valence-electron chi connectivity index (χ2n) is 5.60. The van der Waals surface area contributed by atoms with E-state index >= 15 is 0 Å². The van der Waals surface area contributed by atoms with Crippen LogP contribution in [0.2, 0.25) is 0 Å². The molecule has 2 atom stereocenters. The molecule has 0 aromatic heterocycles. The molecule has 0 aromatic rings. The zero-order valence-electron chi connectivity index (χ0n) is 12.0. The molecule has 2 unspecified atom stereocenters. The number of likely N-dealkylation sites (N-methyl/N-ethyl adjacent to an activating group) is 1. The molecule has 6 heteroatoms. The molecule has 0 bridgehead atoms. The largest absolute Gasteiger partial charge is 0.370 e. The Morgan fingerprint density at radius 1 is 1.26 bits per heavy atom. The van der Waals surface area contributed by atoms with Gasteiger partial charge in [-0.15, -0.1) is 0 Å². The number of carbonyl (C=O) groups excluding carboxylic acids is 1. The van der Waals surface area contributed by atoms with Gasteiger partial charge in [0, 0.05) is 27.2 Å². The van der Waals surface area contributed by atoms with Crippen LogP contribution in [-0.2, 0) is 9.53 Å². The van der Waals surface area contributed by atoms with Crippen molar-refractivity contribution in [2.24, 2.45) is 10.7 Å². The summed E-state index contributed by atoms with van der Waals surface area (Å²) in [7, 11) is 5.48. The summed E-state index contributed by atoms with van der Waals surface area (Å²) in [6.45, 7) is 0.542. The predicted molar refractivity (Wildman–Crippen MR) is 73.9 cm³/mol. The maximum atomic E-state index is 11.8. The van der Waals surface area contributed by atoms with E-state index in [0.29, 0.717) is 18.5 Å². The fourth-order valence-electron chi connectivity index (χ4n) is 2.27. The van der Waals surface area contributed by atoms with Crippen LogP contribution in [0, 0.1) is 0 Å². The number of hydrogen-bond acceptors (Lipinski definition) is 3. The van der Waals surface area contributed by atoms with Gasteiger partial charge in [-0.25, -0.2) is 0 Å². The van der Waals surface area contributed by atoms with Crippen LogP contribution in [0.1, 0.15) is 25.7 Å². The van der Waals surface area contributed by atoms with Crippen molar-refractivity contribution >= 4 is 11.9 Å². The lowest BCUT2D eigenvalue weighted by molar-refractivity contribution is -0.140. The number of hydrogen-bond donors (Lipinski definition) is 1. The van der Waals surface area contributed by atoms with Crippen LogP contribution in [0.3, 0.4) is 0 Å². The monoisotopic (exact) mass is 268 g/mol. The lowest BCUT2D eigenvalue weighted by atomic mass is 10.2. The first kappa shape index (κ1) is 14.1. The van der Waals surface area contributed by atoms with E-state index in [1.807, 2.05) is 11.9 Å². The van der Waals surface area contributed by atoms with Gasteiger partial charge >= 0.3 is 0 Å². The molecule has 1 amide bonds. The van der Waals surface area contributed by atoms with Crippen molar-refractivity contribution in [1.29, 1.82) is 0 Å². The number of rotatable bonds is 4. The van der Waals surface area contributed by atoms with Crippen molar-refractivity contribution in [1.82, 2.24) is 9.80 Å². The normalized spacial score (nSPS) is 27.4. The summed E-state index contributed by atoms with van der Waals surface area (Å²) in [5, 5.41) is 0. The quantitative estimate of drug-likeness (QED) is 0.577. The predicted octanol–water partition coefficient (Wildman–Crippen LogP) is 0.0311. The van der Waals surface area contributed by atoms with Crippen molar-refractivity contribution in [3.8, 4) is 0 Å². The number of guanidine groups is 1. The summed E-state index contributed by atoms with van der Waals surface area (Å²) in [6, 6.07) is 0.566.